The summed E-state index contributed by atoms with van der Waals surface area (Å²) in [5.74, 6) is -0.637. The third-order valence-electron chi connectivity index (χ3n) is 2.94. The zero-order chi connectivity index (χ0) is 16.3. The molecule has 0 radical (unpaired) electrons. The van der Waals surface area contributed by atoms with Crippen LogP contribution in [0.2, 0.25) is 0 Å². The Bertz CT molecular complexity index is 439. The predicted octanol–water partition coefficient (Wildman–Crippen LogP) is 3.00. The van der Waals surface area contributed by atoms with Gasteiger partial charge in [-0.2, -0.15) is 0 Å². The number of rotatable bonds is 6. The lowest BCUT2D eigenvalue weighted by molar-refractivity contribution is -0.135. The average Bonchev–Trinajstić information content (AvgIpc) is 2.46. The van der Waals surface area contributed by atoms with E-state index < -0.39 is 0 Å². The van der Waals surface area contributed by atoms with Crippen molar-refractivity contribution in [3.8, 4) is 0 Å². The predicted molar refractivity (Wildman–Crippen MR) is 79.5 cm³/mol. The van der Waals surface area contributed by atoms with E-state index in [1.165, 1.54) is 6.92 Å². The van der Waals surface area contributed by atoms with Crippen LogP contribution < -0.4 is 0 Å². The summed E-state index contributed by atoms with van der Waals surface area (Å²) < 4.78 is 0. The van der Waals surface area contributed by atoms with Gasteiger partial charge in [-0.1, -0.05) is 13.8 Å². The summed E-state index contributed by atoms with van der Waals surface area (Å²) >= 11 is 0. The van der Waals surface area contributed by atoms with Gasteiger partial charge in [0.1, 0.15) is 12.6 Å². The Labute approximate surface area is 120 Å². The minimum atomic E-state index is -0.345. The highest BCUT2D eigenvalue weighted by Gasteiger charge is 2.04. The Kier molecular flexibility index (Phi) is 11.3. The van der Waals surface area contributed by atoms with E-state index in [1.807, 2.05) is 13.8 Å². The molecule has 4 nitrogen and oxygen atoms in total. The van der Waals surface area contributed by atoms with Gasteiger partial charge in [0.2, 0.25) is 0 Å². The number of Topliss-reactive ketones (excluding diaryl/α,β-unsaturated/α-hetero) is 2. The van der Waals surface area contributed by atoms with Crippen LogP contribution in [0.3, 0.4) is 0 Å². The molecule has 0 spiro atoms. The van der Waals surface area contributed by atoms with Crippen LogP contribution >= 0.6 is 0 Å². The van der Waals surface area contributed by atoms with Crippen molar-refractivity contribution in [2.75, 3.05) is 0 Å². The number of ketones is 2. The van der Waals surface area contributed by atoms with Crippen LogP contribution in [0, 0.1) is 0 Å². The monoisotopic (exact) mass is 280 g/mol. The number of carbonyl (C=O) groups excluding carboxylic acids is 4. The fourth-order valence-electron chi connectivity index (χ4n) is 1.49. The summed E-state index contributed by atoms with van der Waals surface area (Å²) in [5.41, 5.74) is 3.29. The lowest BCUT2D eigenvalue weighted by Gasteiger charge is -2.08. The highest BCUT2D eigenvalue weighted by Crippen LogP contribution is 2.19. The van der Waals surface area contributed by atoms with Crippen molar-refractivity contribution in [3.05, 3.63) is 22.3 Å². The smallest absolute Gasteiger partial charge is 0.197 e. The van der Waals surface area contributed by atoms with Crippen LogP contribution in [0.1, 0.15) is 54.4 Å². The molecule has 0 aromatic carbocycles. The van der Waals surface area contributed by atoms with Crippen molar-refractivity contribution in [2.24, 2.45) is 0 Å². The quantitative estimate of drug-likeness (QED) is 0.324. The summed E-state index contributed by atoms with van der Waals surface area (Å²) in [6, 6.07) is 0. The molecule has 0 aliphatic carbocycles. The SMILES string of the molecule is CCC(=C(C)C=O)C(C)=C(C)C=O.CCC(=O)C(C)=O. The molecule has 0 aliphatic rings. The summed E-state index contributed by atoms with van der Waals surface area (Å²) in [4.78, 5) is 41.2. The fourth-order valence-corrected chi connectivity index (χ4v) is 1.49. The number of hydrogen-bond donors (Lipinski definition) is 0. The fraction of sp³-hybridized carbons (Fsp3) is 0.500. The van der Waals surface area contributed by atoms with Gasteiger partial charge in [-0.3, -0.25) is 19.2 Å². The standard InChI is InChI=1S/C11H16O2.C5H8O2/c1-5-11(9(3)7-13)10(4)8(2)6-12;1-3-5(7)4(2)6/h6-7H,5H2,1-4H3;3H2,1-2H3. The molecule has 0 aromatic heterocycles. The molecule has 0 saturated heterocycles. The van der Waals surface area contributed by atoms with Crippen LogP contribution in [0.15, 0.2) is 22.3 Å². The maximum Gasteiger partial charge on any atom is 0.197 e. The Morgan fingerprint density at radius 3 is 1.45 bits per heavy atom. The van der Waals surface area contributed by atoms with E-state index in [9.17, 15) is 19.2 Å². The number of allylic oxidation sites excluding steroid dienone is 4. The Balaban J connectivity index is 0. The first-order chi connectivity index (χ1) is 9.26. The van der Waals surface area contributed by atoms with Gasteiger partial charge in [-0.05, 0) is 49.5 Å². The van der Waals surface area contributed by atoms with Gasteiger partial charge in [0.15, 0.2) is 11.6 Å². The highest BCUT2D eigenvalue weighted by molar-refractivity contribution is 6.36. The van der Waals surface area contributed by atoms with E-state index in [-0.39, 0.29) is 11.6 Å². The second kappa shape index (κ2) is 11.0. The molecule has 0 aliphatic heterocycles. The number of carbonyl (C=O) groups is 4. The van der Waals surface area contributed by atoms with Crippen LogP contribution in [-0.4, -0.2) is 24.1 Å². The molecule has 0 bridgehead atoms. The maximum absolute atomic E-state index is 10.6. The minimum absolute atomic E-state index is 0.292. The van der Waals surface area contributed by atoms with Crippen LogP contribution in [0.25, 0.3) is 0 Å². The topological polar surface area (TPSA) is 68.3 Å². The normalized spacial score (nSPS) is 12.3. The number of hydrogen-bond acceptors (Lipinski definition) is 4. The van der Waals surface area contributed by atoms with E-state index in [2.05, 4.69) is 0 Å². The molecule has 0 aromatic rings. The van der Waals surface area contributed by atoms with Crippen molar-refractivity contribution in [2.45, 2.75) is 54.4 Å². The highest BCUT2D eigenvalue weighted by atomic mass is 16.2. The molecular formula is C16H24O4. The summed E-state index contributed by atoms with van der Waals surface area (Å²) in [5, 5.41) is 0. The van der Waals surface area contributed by atoms with Gasteiger partial charge in [0.25, 0.3) is 0 Å². The van der Waals surface area contributed by atoms with Gasteiger partial charge in [0, 0.05) is 13.3 Å². The van der Waals surface area contributed by atoms with Crippen LogP contribution in [0.4, 0.5) is 0 Å². The Hall–Kier alpha value is -1.84. The molecule has 0 rings (SSSR count). The molecule has 0 amide bonds. The van der Waals surface area contributed by atoms with Crippen molar-refractivity contribution < 1.29 is 19.2 Å². The summed E-state index contributed by atoms with van der Waals surface area (Å²) in [6.45, 7) is 10.3. The zero-order valence-corrected chi connectivity index (χ0v) is 13.2. The van der Waals surface area contributed by atoms with Crippen molar-refractivity contribution >= 4 is 24.1 Å². The maximum atomic E-state index is 10.6. The van der Waals surface area contributed by atoms with Crippen LogP contribution in [0.5, 0.6) is 0 Å². The molecule has 0 saturated carbocycles. The molecule has 0 heterocycles. The first kappa shape index (κ1) is 20.5. The zero-order valence-electron chi connectivity index (χ0n) is 13.2. The van der Waals surface area contributed by atoms with E-state index in [0.717, 1.165) is 30.1 Å². The lowest BCUT2D eigenvalue weighted by atomic mass is 9.97. The van der Waals surface area contributed by atoms with Crippen molar-refractivity contribution in [1.82, 2.24) is 0 Å². The van der Waals surface area contributed by atoms with Gasteiger partial charge in [-0.25, -0.2) is 0 Å². The first-order valence-corrected chi connectivity index (χ1v) is 6.58. The third-order valence-corrected chi connectivity index (χ3v) is 2.94. The Morgan fingerprint density at radius 2 is 1.25 bits per heavy atom. The Morgan fingerprint density at radius 1 is 0.800 bits per heavy atom. The van der Waals surface area contributed by atoms with E-state index in [4.69, 9.17) is 0 Å². The average molecular weight is 280 g/mol. The summed E-state index contributed by atoms with van der Waals surface area (Å²) in [6.07, 6.45) is 2.76. The summed E-state index contributed by atoms with van der Waals surface area (Å²) in [7, 11) is 0. The van der Waals surface area contributed by atoms with E-state index >= 15 is 0 Å². The van der Waals surface area contributed by atoms with Gasteiger partial charge in [-0.15, -0.1) is 0 Å². The molecule has 20 heavy (non-hydrogen) atoms. The molecular weight excluding hydrogens is 256 g/mol. The molecule has 112 valence electrons. The first-order valence-electron chi connectivity index (χ1n) is 6.58. The minimum Gasteiger partial charge on any atom is -0.298 e. The van der Waals surface area contributed by atoms with E-state index in [0.29, 0.717) is 17.6 Å². The lowest BCUT2D eigenvalue weighted by Crippen LogP contribution is -2.06. The molecule has 0 atom stereocenters. The second-order valence-corrected chi connectivity index (χ2v) is 4.39. The van der Waals surface area contributed by atoms with E-state index in [1.54, 1.807) is 20.8 Å². The molecule has 0 unspecified atom stereocenters. The largest absolute Gasteiger partial charge is 0.298 e. The molecule has 0 N–H and O–H groups in total. The van der Waals surface area contributed by atoms with Crippen molar-refractivity contribution in [3.63, 3.8) is 0 Å². The van der Waals surface area contributed by atoms with Gasteiger partial charge < -0.3 is 0 Å². The van der Waals surface area contributed by atoms with Crippen LogP contribution in [-0.2, 0) is 19.2 Å². The van der Waals surface area contributed by atoms with Crippen molar-refractivity contribution in [1.29, 1.82) is 0 Å². The third kappa shape index (κ3) is 7.56. The second-order valence-electron chi connectivity index (χ2n) is 4.39. The molecule has 0 fully saturated rings. The van der Waals surface area contributed by atoms with Gasteiger partial charge in [0.05, 0.1) is 0 Å². The van der Waals surface area contributed by atoms with Gasteiger partial charge >= 0.3 is 0 Å². The number of aldehydes is 2. The molecule has 4 heteroatoms.